The average molecular weight is 385 g/mol. The number of aromatic nitrogens is 1. The second kappa shape index (κ2) is 7.63. The molecule has 0 aliphatic heterocycles. The minimum absolute atomic E-state index is 0.332. The average Bonchev–Trinajstić information content (AvgIpc) is 3.20. The maximum Gasteiger partial charge on any atom is 0.146 e. The molecule has 5 heteroatoms. The van der Waals surface area contributed by atoms with Gasteiger partial charge in [0.15, 0.2) is 0 Å². The van der Waals surface area contributed by atoms with E-state index in [9.17, 15) is 9.65 Å². The Morgan fingerprint density at radius 1 is 1.14 bits per heavy atom. The summed E-state index contributed by atoms with van der Waals surface area (Å²) in [4.78, 5) is 4.65. The van der Waals surface area contributed by atoms with Gasteiger partial charge in [0.1, 0.15) is 22.5 Å². The molecule has 4 aromatic rings. The summed E-state index contributed by atoms with van der Waals surface area (Å²) < 4.78 is 13.9. The summed E-state index contributed by atoms with van der Waals surface area (Å²) in [7, 11) is 0. The number of aryl methyl sites for hydroxylation is 1. The first-order valence-electron chi connectivity index (χ1n) is 8.73. The van der Waals surface area contributed by atoms with E-state index in [0.717, 1.165) is 27.6 Å². The Hall–Kier alpha value is -3.49. The zero-order valence-electron chi connectivity index (χ0n) is 15.1. The van der Waals surface area contributed by atoms with Crippen molar-refractivity contribution in [3.8, 4) is 17.3 Å². The molecule has 1 aromatic heterocycles. The summed E-state index contributed by atoms with van der Waals surface area (Å²) in [5.74, 6) is -0.366. The van der Waals surface area contributed by atoms with Crippen LogP contribution in [-0.4, -0.2) is 4.98 Å². The first kappa shape index (κ1) is 17.9. The van der Waals surface area contributed by atoms with Gasteiger partial charge in [-0.05, 0) is 35.4 Å². The number of halogens is 1. The van der Waals surface area contributed by atoms with Crippen LogP contribution in [0, 0.1) is 24.1 Å². The van der Waals surface area contributed by atoms with E-state index in [0.29, 0.717) is 16.3 Å². The summed E-state index contributed by atoms with van der Waals surface area (Å²) in [6, 6.07) is 21.2. The largest absolute Gasteiger partial charge is 0.358 e. The van der Waals surface area contributed by atoms with E-state index in [-0.39, 0.29) is 5.82 Å². The normalized spacial score (nSPS) is 11.4. The lowest BCUT2D eigenvalue weighted by molar-refractivity contribution is 0.631. The number of allylic oxidation sites excluding steroid dienone is 1. The maximum atomic E-state index is 13.9. The van der Waals surface area contributed by atoms with Gasteiger partial charge in [-0.1, -0.05) is 48.5 Å². The molecule has 0 radical (unpaired) electrons. The van der Waals surface area contributed by atoms with Gasteiger partial charge < -0.3 is 5.32 Å². The van der Waals surface area contributed by atoms with Crippen LogP contribution in [-0.2, 0) is 0 Å². The highest BCUT2D eigenvalue weighted by Crippen LogP contribution is 2.31. The molecule has 0 unspecified atom stereocenters. The SMILES string of the molecule is Cc1ccc(F)c(NC=C(C#N)c2nc(-c3cccc4ccccc34)cs2)c1. The molecule has 0 spiro atoms. The Morgan fingerprint density at radius 3 is 2.82 bits per heavy atom. The number of nitrogens with zero attached hydrogens (tertiary/aromatic N) is 2. The standard InChI is InChI=1S/C23H16FN3S/c1-15-9-10-20(24)21(11-15)26-13-17(12-25)23-27-22(14-28-23)19-8-4-6-16-5-2-3-7-18(16)19/h2-11,13-14,26H,1H3. The number of thiazole rings is 1. The van der Waals surface area contributed by atoms with Gasteiger partial charge in [0.05, 0.1) is 11.4 Å². The smallest absolute Gasteiger partial charge is 0.146 e. The van der Waals surface area contributed by atoms with Gasteiger partial charge >= 0.3 is 0 Å². The van der Waals surface area contributed by atoms with Crippen LogP contribution in [0.1, 0.15) is 10.6 Å². The van der Waals surface area contributed by atoms with Crippen molar-refractivity contribution in [1.29, 1.82) is 5.26 Å². The van der Waals surface area contributed by atoms with Gasteiger partial charge in [0.2, 0.25) is 0 Å². The molecular formula is C23H16FN3S. The molecule has 0 saturated heterocycles. The fraction of sp³-hybridized carbons (Fsp3) is 0.0435. The van der Waals surface area contributed by atoms with Crippen LogP contribution >= 0.6 is 11.3 Å². The summed E-state index contributed by atoms with van der Waals surface area (Å²) in [6.07, 6.45) is 1.50. The van der Waals surface area contributed by atoms with Gasteiger partial charge in [-0.2, -0.15) is 5.26 Å². The van der Waals surface area contributed by atoms with Gasteiger partial charge in [0.25, 0.3) is 0 Å². The molecule has 0 aliphatic carbocycles. The van der Waals surface area contributed by atoms with E-state index >= 15 is 0 Å². The molecule has 0 amide bonds. The Morgan fingerprint density at radius 2 is 1.96 bits per heavy atom. The summed E-state index contributed by atoms with van der Waals surface area (Å²) >= 11 is 1.39. The minimum Gasteiger partial charge on any atom is -0.358 e. The van der Waals surface area contributed by atoms with Crippen LogP contribution in [0.2, 0.25) is 0 Å². The zero-order valence-corrected chi connectivity index (χ0v) is 15.9. The fourth-order valence-corrected chi connectivity index (χ4v) is 3.80. The Balaban J connectivity index is 1.67. The van der Waals surface area contributed by atoms with Gasteiger partial charge in [0, 0.05) is 17.1 Å². The lowest BCUT2D eigenvalue weighted by Gasteiger charge is -2.05. The number of hydrogen-bond acceptors (Lipinski definition) is 4. The summed E-state index contributed by atoms with van der Waals surface area (Å²) in [5.41, 5.74) is 3.47. The topological polar surface area (TPSA) is 48.7 Å². The summed E-state index contributed by atoms with van der Waals surface area (Å²) in [5, 5.41) is 17.2. The van der Waals surface area contributed by atoms with Crippen molar-refractivity contribution >= 4 is 33.4 Å². The van der Waals surface area contributed by atoms with E-state index < -0.39 is 0 Å². The second-order valence-corrected chi connectivity index (χ2v) is 7.22. The number of rotatable bonds is 4. The number of fused-ring (bicyclic) bond motifs is 1. The molecule has 1 heterocycles. The first-order valence-corrected chi connectivity index (χ1v) is 9.60. The molecule has 0 aliphatic rings. The van der Waals surface area contributed by atoms with E-state index in [2.05, 4.69) is 34.6 Å². The van der Waals surface area contributed by atoms with Gasteiger partial charge in [-0.3, -0.25) is 0 Å². The zero-order chi connectivity index (χ0) is 19.5. The van der Waals surface area contributed by atoms with Crippen molar-refractivity contribution in [2.75, 3.05) is 5.32 Å². The highest BCUT2D eigenvalue weighted by Gasteiger charge is 2.11. The Kier molecular flexibility index (Phi) is 4.88. The molecule has 28 heavy (non-hydrogen) atoms. The van der Waals surface area contributed by atoms with Crippen molar-refractivity contribution in [3.63, 3.8) is 0 Å². The molecule has 3 nitrogen and oxygen atoms in total. The molecule has 0 saturated carbocycles. The predicted molar refractivity (Wildman–Crippen MR) is 113 cm³/mol. The Bertz CT molecular complexity index is 1230. The van der Waals surface area contributed by atoms with Crippen LogP contribution in [0.4, 0.5) is 10.1 Å². The van der Waals surface area contributed by atoms with E-state index in [1.54, 1.807) is 12.1 Å². The quantitative estimate of drug-likeness (QED) is 0.414. The molecule has 0 bridgehead atoms. The molecule has 136 valence electrons. The molecule has 4 rings (SSSR count). The maximum absolute atomic E-state index is 13.9. The lowest BCUT2D eigenvalue weighted by Crippen LogP contribution is -1.94. The predicted octanol–water partition coefficient (Wildman–Crippen LogP) is 6.39. The third kappa shape index (κ3) is 3.51. The van der Waals surface area contributed by atoms with Crippen LogP contribution in [0.15, 0.2) is 72.2 Å². The van der Waals surface area contributed by atoms with Crippen LogP contribution in [0.3, 0.4) is 0 Å². The second-order valence-electron chi connectivity index (χ2n) is 6.36. The van der Waals surface area contributed by atoms with Crippen molar-refractivity contribution in [2.45, 2.75) is 6.92 Å². The number of hydrogen-bond donors (Lipinski definition) is 1. The number of anilines is 1. The van der Waals surface area contributed by atoms with Crippen molar-refractivity contribution < 1.29 is 4.39 Å². The molecule has 1 N–H and O–H groups in total. The van der Waals surface area contributed by atoms with Gasteiger partial charge in [-0.15, -0.1) is 11.3 Å². The van der Waals surface area contributed by atoms with E-state index in [4.69, 9.17) is 0 Å². The third-order valence-corrected chi connectivity index (χ3v) is 5.29. The molecule has 0 atom stereocenters. The highest BCUT2D eigenvalue weighted by molar-refractivity contribution is 7.11. The number of nitrogens with one attached hydrogen (secondary N) is 1. The number of benzene rings is 3. The highest BCUT2D eigenvalue weighted by atomic mass is 32.1. The van der Waals surface area contributed by atoms with E-state index in [1.807, 2.05) is 36.6 Å². The van der Waals surface area contributed by atoms with E-state index in [1.165, 1.54) is 23.6 Å². The lowest BCUT2D eigenvalue weighted by atomic mass is 10.0. The Labute approximate surface area is 166 Å². The van der Waals surface area contributed by atoms with Crippen molar-refractivity contribution in [2.24, 2.45) is 0 Å². The minimum atomic E-state index is -0.366. The van der Waals surface area contributed by atoms with Gasteiger partial charge in [-0.25, -0.2) is 9.37 Å². The first-order chi connectivity index (χ1) is 13.7. The fourth-order valence-electron chi connectivity index (χ4n) is 3.01. The molecule has 3 aromatic carbocycles. The molecule has 0 fully saturated rings. The monoisotopic (exact) mass is 385 g/mol. The van der Waals surface area contributed by atoms with Crippen LogP contribution in [0.25, 0.3) is 27.6 Å². The van der Waals surface area contributed by atoms with Crippen LogP contribution < -0.4 is 5.32 Å². The van der Waals surface area contributed by atoms with Crippen molar-refractivity contribution in [1.82, 2.24) is 4.98 Å². The third-order valence-electron chi connectivity index (χ3n) is 4.41. The molecular weight excluding hydrogens is 369 g/mol. The van der Waals surface area contributed by atoms with Crippen LogP contribution in [0.5, 0.6) is 0 Å². The summed E-state index contributed by atoms with van der Waals surface area (Å²) in [6.45, 7) is 1.89. The number of nitriles is 1. The van der Waals surface area contributed by atoms with Crippen molar-refractivity contribution in [3.05, 3.63) is 88.6 Å².